The Hall–Kier alpha value is -2.84. The van der Waals surface area contributed by atoms with E-state index in [2.05, 4.69) is 22.0 Å². The molecule has 0 saturated heterocycles. The summed E-state index contributed by atoms with van der Waals surface area (Å²) < 4.78 is 0.952. The van der Waals surface area contributed by atoms with Gasteiger partial charge < -0.3 is 5.73 Å². The van der Waals surface area contributed by atoms with Crippen LogP contribution in [0.4, 0.5) is 5.69 Å². The number of anilines is 1. The lowest BCUT2D eigenvalue weighted by atomic mass is 9.75. The molecule has 1 heterocycles. The second-order valence-electron chi connectivity index (χ2n) is 7.21. The minimum atomic E-state index is -0.415. The standard InChI is InChI=1S/C23H20BrN3O/c1-14-4-2-5-17(12-14)27-19-6-3-7-20(28)22(19)21(18(13-25)23(27)26)15-8-10-16(24)11-9-15/h2,4-5,8-12,21H,3,6-7,26H2,1H3. The maximum Gasteiger partial charge on any atom is 0.161 e. The number of carbonyl (C=O) groups is 1. The van der Waals surface area contributed by atoms with Crippen LogP contribution >= 0.6 is 15.9 Å². The molecule has 2 aliphatic rings. The first-order chi connectivity index (χ1) is 13.5. The number of ketones is 1. The van der Waals surface area contributed by atoms with Gasteiger partial charge in [-0.1, -0.05) is 40.2 Å². The van der Waals surface area contributed by atoms with Crippen molar-refractivity contribution in [3.8, 4) is 6.07 Å². The fourth-order valence-corrected chi connectivity index (χ4v) is 4.40. The number of carbonyl (C=O) groups excluding carboxylic acids is 1. The van der Waals surface area contributed by atoms with Crippen molar-refractivity contribution < 1.29 is 4.79 Å². The molecule has 0 saturated carbocycles. The summed E-state index contributed by atoms with van der Waals surface area (Å²) in [5, 5.41) is 9.99. The predicted octanol–water partition coefficient (Wildman–Crippen LogP) is 5.06. The van der Waals surface area contributed by atoms with Crippen molar-refractivity contribution in [2.24, 2.45) is 5.73 Å². The Bertz CT molecular complexity index is 1060. The largest absolute Gasteiger partial charge is 0.384 e. The summed E-state index contributed by atoms with van der Waals surface area (Å²) in [6, 6.07) is 18.1. The zero-order valence-corrected chi connectivity index (χ0v) is 17.2. The molecule has 2 aromatic rings. The number of aryl methyl sites for hydroxylation is 1. The fraction of sp³-hybridized carbons (Fsp3) is 0.217. The molecular formula is C23H20BrN3O. The highest BCUT2D eigenvalue weighted by Crippen LogP contribution is 2.46. The van der Waals surface area contributed by atoms with Crippen LogP contribution in [-0.2, 0) is 4.79 Å². The van der Waals surface area contributed by atoms with E-state index < -0.39 is 5.92 Å². The molecule has 1 unspecified atom stereocenters. The van der Waals surface area contributed by atoms with Crippen molar-refractivity contribution in [1.29, 1.82) is 5.26 Å². The number of hydrogen-bond acceptors (Lipinski definition) is 4. The van der Waals surface area contributed by atoms with Gasteiger partial charge in [0.15, 0.2) is 5.78 Å². The molecule has 1 aliphatic carbocycles. The molecule has 4 nitrogen and oxygen atoms in total. The lowest BCUT2D eigenvalue weighted by Gasteiger charge is -2.39. The van der Waals surface area contributed by atoms with Gasteiger partial charge in [-0.2, -0.15) is 5.26 Å². The second kappa shape index (κ2) is 7.29. The first-order valence-electron chi connectivity index (χ1n) is 9.29. The number of nitriles is 1. The Morgan fingerprint density at radius 1 is 1.18 bits per heavy atom. The maximum absolute atomic E-state index is 13.0. The smallest absolute Gasteiger partial charge is 0.161 e. The van der Waals surface area contributed by atoms with Crippen LogP contribution in [-0.4, -0.2) is 5.78 Å². The SMILES string of the molecule is Cc1cccc(N2C(N)=C(C#N)C(c3ccc(Br)cc3)C3=C2CCCC3=O)c1. The molecule has 140 valence electrons. The molecule has 1 aliphatic heterocycles. The quantitative estimate of drug-likeness (QED) is 0.717. The van der Waals surface area contributed by atoms with Gasteiger partial charge in [-0.25, -0.2) is 0 Å². The van der Waals surface area contributed by atoms with E-state index in [4.69, 9.17) is 5.73 Å². The van der Waals surface area contributed by atoms with E-state index in [1.807, 2.05) is 60.4 Å². The lowest BCUT2D eigenvalue weighted by Crippen LogP contribution is -2.38. The number of halogens is 1. The van der Waals surface area contributed by atoms with E-state index in [0.29, 0.717) is 23.4 Å². The van der Waals surface area contributed by atoms with Crippen LogP contribution in [0.2, 0.25) is 0 Å². The highest BCUT2D eigenvalue weighted by atomic mass is 79.9. The molecule has 0 amide bonds. The molecule has 0 aromatic heterocycles. The van der Waals surface area contributed by atoms with E-state index in [9.17, 15) is 10.1 Å². The second-order valence-corrected chi connectivity index (χ2v) is 8.12. The average Bonchev–Trinajstić information content (AvgIpc) is 2.68. The van der Waals surface area contributed by atoms with Gasteiger partial charge in [-0.3, -0.25) is 9.69 Å². The molecule has 0 fully saturated rings. The van der Waals surface area contributed by atoms with Crippen LogP contribution in [0, 0.1) is 18.3 Å². The van der Waals surface area contributed by atoms with Gasteiger partial charge >= 0.3 is 0 Å². The van der Waals surface area contributed by atoms with Crippen molar-refractivity contribution in [2.45, 2.75) is 32.1 Å². The Balaban J connectivity index is 1.97. The van der Waals surface area contributed by atoms with Gasteiger partial charge in [0.05, 0.1) is 17.6 Å². The Kier molecular flexibility index (Phi) is 4.82. The summed E-state index contributed by atoms with van der Waals surface area (Å²) in [6.07, 6.45) is 2.07. The van der Waals surface area contributed by atoms with Crippen LogP contribution in [0.1, 0.15) is 36.3 Å². The summed E-state index contributed by atoms with van der Waals surface area (Å²) in [6.45, 7) is 2.02. The third-order valence-electron chi connectivity index (χ3n) is 5.38. The molecule has 5 heteroatoms. The van der Waals surface area contributed by atoms with Crippen molar-refractivity contribution in [2.75, 3.05) is 4.90 Å². The molecule has 2 N–H and O–H groups in total. The number of Topliss-reactive ketones (excluding diaryl/α,β-unsaturated/α-hetero) is 1. The number of nitrogens with zero attached hydrogens (tertiary/aromatic N) is 2. The number of hydrogen-bond donors (Lipinski definition) is 1. The Labute approximate surface area is 173 Å². The zero-order valence-electron chi connectivity index (χ0n) is 15.6. The molecule has 2 aromatic carbocycles. The van der Waals surface area contributed by atoms with E-state index in [1.54, 1.807) is 0 Å². The first kappa shape index (κ1) is 18.5. The summed E-state index contributed by atoms with van der Waals surface area (Å²) in [4.78, 5) is 14.9. The summed E-state index contributed by atoms with van der Waals surface area (Å²) >= 11 is 3.45. The molecule has 28 heavy (non-hydrogen) atoms. The van der Waals surface area contributed by atoms with Crippen molar-refractivity contribution in [3.63, 3.8) is 0 Å². The minimum absolute atomic E-state index is 0.104. The van der Waals surface area contributed by atoms with Gasteiger partial charge in [0.25, 0.3) is 0 Å². The fourth-order valence-electron chi connectivity index (χ4n) is 4.14. The minimum Gasteiger partial charge on any atom is -0.384 e. The highest BCUT2D eigenvalue weighted by Gasteiger charge is 2.40. The monoisotopic (exact) mass is 433 g/mol. The van der Waals surface area contributed by atoms with Crippen LogP contribution in [0.15, 0.2) is 75.7 Å². The summed E-state index contributed by atoms with van der Waals surface area (Å²) in [5.41, 5.74) is 11.5. The maximum atomic E-state index is 13.0. The number of nitrogens with two attached hydrogens (primary N) is 1. The molecular weight excluding hydrogens is 414 g/mol. The number of benzene rings is 2. The summed E-state index contributed by atoms with van der Waals surface area (Å²) in [5.74, 6) is 0.100. The average molecular weight is 434 g/mol. The van der Waals surface area contributed by atoms with Gasteiger partial charge in [0.1, 0.15) is 5.82 Å². The number of rotatable bonds is 2. The third kappa shape index (κ3) is 3.04. The van der Waals surface area contributed by atoms with Gasteiger partial charge in [0.2, 0.25) is 0 Å². The Morgan fingerprint density at radius 2 is 1.93 bits per heavy atom. The third-order valence-corrected chi connectivity index (χ3v) is 5.91. The first-order valence-corrected chi connectivity index (χ1v) is 10.1. The Morgan fingerprint density at radius 3 is 2.61 bits per heavy atom. The molecule has 0 bridgehead atoms. The molecule has 4 rings (SSSR count). The van der Waals surface area contributed by atoms with Crippen molar-refractivity contribution in [1.82, 2.24) is 0 Å². The van der Waals surface area contributed by atoms with E-state index in [-0.39, 0.29) is 5.78 Å². The lowest BCUT2D eigenvalue weighted by molar-refractivity contribution is -0.116. The van der Waals surface area contributed by atoms with Gasteiger partial charge in [-0.05, 0) is 55.2 Å². The van der Waals surface area contributed by atoms with Gasteiger partial charge in [0, 0.05) is 27.9 Å². The van der Waals surface area contributed by atoms with E-state index in [0.717, 1.165) is 39.8 Å². The van der Waals surface area contributed by atoms with E-state index >= 15 is 0 Å². The number of allylic oxidation sites excluding steroid dienone is 3. The van der Waals surface area contributed by atoms with E-state index in [1.165, 1.54) is 0 Å². The van der Waals surface area contributed by atoms with Gasteiger partial charge in [-0.15, -0.1) is 0 Å². The van der Waals surface area contributed by atoms with Crippen molar-refractivity contribution >= 4 is 27.4 Å². The molecule has 1 atom stereocenters. The molecule has 0 radical (unpaired) electrons. The zero-order chi connectivity index (χ0) is 19.8. The summed E-state index contributed by atoms with van der Waals surface area (Å²) in [7, 11) is 0. The normalized spacial score (nSPS) is 19.5. The van der Waals surface area contributed by atoms with Crippen LogP contribution < -0.4 is 10.6 Å². The molecule has 0 spiro atoms. The highest BCUT2D eigenvalue weighted by molar-refractivity contribution is 9.10. The van der Waals surface area contributed by atoms with Crippen LogP contribution in [0.3, 0.4) is 0 Å². The van der Waals surface area contributed by atoms with Crippen molar-refractivity contribution in [3.05, 3.63) is 86.8 Å². The predicted molar refractivity (Wildman–Crippen MR) is 113 cm³/mol. The topological polar surface area (TPSA) is 70.1 Å². The van der Waals surface area contributed by atoms with Crippen LogP contribution in [0.25, 0.3) is 0 Å². The van der Waals surface area contributed by atoms with Crippen LogP contribution in [0.5, 0.6) is 0 Å².